The quantitative estimate of drug-likeness (QED) is 0.342. The van der Waals surface area contributed by atoms with Gasteiger partial charge in [0.1, 0.15) is 11.6 Å². The number of fused-ring (bicyclic) bond motifs is 3. The number of para-hydroxylation sites is 1. The molecule has 13 heteroatoms. The van der Waals surface area contributed by atoms with Crippen LogP contribution in [0.5, 0.6) is 5.75 Å². The van der Waals surface area contributed by atoms with Crippen molar-refractivity contribution in [2.24, 2.45) is 0 Å². The van der Waals surface area contributed by atoms with E-state index in [0.29, 0.717) is 47.9 Å². The number of carboxylic acids is 1. The van der Waals surface area contributed by atoms with Gasteiger partial charge in [0.25, 0.3) is 5.91 Å². The average Bonchev–Trinajstić information content (AvgIpc) is 3.30. The fourth-order valence-electron chi connectivity index (χ4n) is 8.06. The van der Waals surface area contributed by atoms with Crippen molar-refractivity contribution in [2.45, 2.75) is 50.5 Å². The number of amides is 1. The molecule has 3 aromatic rings. The summed E-state index contributed by atoms with van der Waals surface area (Å²) >= 11 is 13.5. The van der Waals surface area contributed by atoms with Crippen LogP contribution in [0.3, 0.4) is 0 Å². The molecule has 2 unspecified atom stereocenters. The first-order valence-electron chi connectivity index (χ1n) is 16.7. The summed E-state index contributed by atoms with van der Waals surface area (Å²) in [4.78, 5) is 34.4. The summed E-state index contributed by atoms with van der Waals surface area (Å²) in [5.41, 5.74) is 2.87. The fourth-order valence-corrected chi connectivity index (χ4v) is 8.70. The number of carbonyl (C=O) groups is 2. The van der Waals surface area contributed by atoms with Gasteiger partial charge in [-0.2, -0.15) is 0 Å². The third kappa shape index (κ3) is 5.79. The zero-order valence-corrected chi connectivity index (χ0v) is 28.6. The lowest BCUT2D eigenvalue weighted by atomic mass is 9.96. The van der Waals surface area contributed by atoms with Crippen LogP contribution in [0.1, 0.15) is 46.0 Å². The van der Waals surface area contributed by atoms with Gasteiger partial charge in [-0.15, -0.1) is 0 Å². The molecule has 10 nitrogen and oxygen atoms in total. The SMILES string of the molecule is C[C@@H]1CN(c2cc(Cl)c(C(=O)N3COc4c(cccc4-c4cc(N5C6CCC5COC6)c(C(=O)O)cc4F)C3)c(Cl)c2)CCN1C1COC1. The molecule has 8 rings (SSSR count). The van der Waals surface area contributed by atoms with E-state index in [0.717, 1.165) is 57.4 Å². The minimum absolute atomic E-state index is 0.0321. The minimum atomic E-state index is -1.19. The average molecular weight is 712 g/mol. The molecular formula is C36H37Cl2FN4O6. The summed E-state index contributed by atoms with van der Waals surface area (Å²) in [5.74, 6) is -1.78. The number of hydrogen-bond donors (Lipinski definition) is 1. The van der Waals surface area contributed by atoms with E-state index in [9.17, 15) is 14.7 Å². The molecule has 5 aliphatic rings. The molecular weight excluding hydrogens is 674 g/mol. The molecule has 0 saturated carbocycles. The number of piperazine rings is 1. The van der Waals surface area contributed by atoms with Gasteiger partial charge in [0, 0.05) is 48.1 Å². The number of halogens is 3. The van der Waals surface area contributed by atoms with Gasteiger partial charge in [0.15, 0.2) is 6.73 Å². The van der Waals surface area contributed by atoms with Gasteiger partial charge in [0.05, 0.1) is 78.0 Å². The molecule has 258 valence electrons. The van der Waals surface area contributed by atoms with Crippen LogP contribution in [-0.2, 0) is 16.0 Å². The molecule has 1 N–H and O–H groups in total. The summed E-state index contributed by atoms with van der Waals surface area (Å²) in [6, 6.07) is 12.5. The van der Waals surface area contributed by atoms with Crippen LogP contribution in [-0.4, -0.2) is 104 Å². The minimum Gasteiger partial charge on any atom is -0.478 e. The number of anilines is 2. The highest BCUT2D eigenvalue weighted by Crippen LogP contribution is 2.43. The van der Waals surface area contributed by atoms with Crippen molar-refractivity contribution >= 4 is 46.5 Å². The second kappa shape index (κ2) is 12.9. The van der Waals surface area contributed by atoms with Gasteiger partial charge in [-0.1, -0.05) is 41.4 Å². The van der Waals surface area contributed by atoms with Crippen LogP contribution < -0.4 is 14.5 Å². The molecule has 0 aromatic heterocycles. The maximum Gasteiger partial charge on any atom is 0.337 e. The Kier molecular flexibility index (Phi) is 8.60. The molecule has 5 aliphatic heterocycles. The summed E-state index contributed by atoms with van der Waals surface area (Å²) in [6.07, 6.45) is 1.77. The van der Waals surface area contributed by atoms with Gasteiger partial charge >= 0.3 is 5.97 Å². The number of rotatable bonds is 6. The topological polar surface area (TPSA) is 95.0 Å². The third-order valence-corrected chi connectivity index (χ3v) is 11.2. The molecule has 4 saturated heterocycles. The van der Waals surface area contributed by atoms with E-state index in [1.54, 1.807) is 30.3 Å². The fraction of sp³-hybridized carbons (Fsp3) is 0.444. The molecule has 3 atom stereocenters. The summed E-state index contributed by atoms with van der Waals surface area (Å²) < 4.78 is 33.0. The molecule has 5 heterocycles. The summed E-state index contributed by atoms with van der Waals surface area (Å²) in [6.45, 7) is 7.37. The predicted octanol–water partition coefficient (Wildman–Crippen LogP) is 5.77. The zero-order valence-electron chi connectivity index (χ0n) is 27.0. The van der Waals surface area contributed by atoms with Crippen LogP contribution in [0.15, 0.2) is 42.5 Å². The van der Waals surface area contributed by atoms with E-state index < -0.39 is 11.8 Å². The largest absolute Gasteiger partial charge is 0.478 e. The van der Waals surface area contributed by atoms with E-state index in [1.807, 2.05) is 6.07 Å². The van der Waals surface area contributed by atoms with Crippen LogP contribution in [0.4, 0.5) is 15.8 Å². The molecule has 2 bridgehead atoms. The van der Waals surface area contributed by atoms with E-state index in [-0.39, 0.29) is 58.0 Å². The number of hydrogen-bond acceptors (Lipinski definition) is 8. The number of ether oxygens (including phenoxy) is 3. The maximum atomic E-state index is 15.7. The first-order chi connectivity index (χ1) is 23.7. The van der Waals surface area contributed by atoms with Gasteiger partial charge < -0.3 is 34.0 Å². The Balaban J connectivity index is 1.04. The van der Waals surface area contributed by atoms with E-state index >= 15 is 4.39 Å². The second-order valence-corrected chi connectivity index (χ2v) is 14.4. The normalized spacial score (nSPS) is 24.0. The van der Waals surface area contributed by atoms with Gasteiger partial charge in [-0.05, 0) is 44.0 Å². The lowest BCUT2D eigenvalue weighted by Gasteiger charge is -2.47. The number of carboxylic acid groups (broad SMARTS) is 1. The number of carbonyl (C=O) groups excluding carboxylic acids is 1. The molecule has 3 aromatic carbocycles. The molecule has 0 radical (unpaired) electrons. The van der Waals surface area contributed by atoms with Crippen molar-refractivity contribution in [3.8, 4) is 16.9 Å². The number of aromatic carboxylic acids is 1. The molecule has 0 spiro atoms. The third-order valence-electron chi connectivity index (χ3n) is 10.6. The second-order valence-electron chi connectivity index (χ2n) is 13.6. The highest BCUT2D eigenvalue weighted by molar-refractivity contribution is 6.40. The van der Waals surface area contributed by atoms with Crippen molar-refractivity contribution < 1.29 is 33.3 Å². The Hall–Kier alpha value is -3.61. The van der Waals surface area contributed by atoms with Crippen LogP contribution in [0.2, 0.25) is 10.0 Å². The lowest BCUT2D eigenvalue weighted by Crippen LogP contribution is -2.60. The predicted molar refractivity (Wildman–Crippen MR) is 184 cm³/mol. The monoisotopic (exact) mass is 710 g/mol. The van der Waals surface area contributed by atoms with Gasteiger partial charge in [-0.25, -0.2) is 9.18 Å². The van der Waals surface area contributed by atoms with Crippen molar-refractivity contribution in [1.82, 2.24) is 9.80 Å². The van der Waals surface area contributed by atoms with E-state index in [4.69, 9.17) is 37.4 Å². The Morgan fingerprint density at radius 2 is 1.61 bits per heavy atom. The van der Waals surface area contributed by atoms with Crippen molar-refractivity contribution in [3.05, 3.63) is 75.0 Å². The van der Waals surface area contributed by atoms with Crippen molar-refractivity contribution in [3.63, 3.8) is 0 Å². The Labute approximate surface area is 293 Å². The highest BCUT2D eigenvalue weighted by atomic mass is 35.5. The molecule has 4 fully saturated rings. The molecule has 49 heavy (non-hydrogen) atoms. The first kappa shape index (κ1) is 32.6. The smallest absolute Gasteiger partial charge is 0.337 e. The van der Waals surface area contributed by atoms with Gasteiger partial charge in [0.2, 0.25) is 0 Å². The molecule has 1 amide bonds. The maximum absolute atomic E-state index is 15.7. The van der Waals surface area contributed by atoms with Gasteiger partial charge in [-0.3, -0.25) is 9.69 Å². The molecule has 0 aliphatic carbocycles. The zero-order chi connectivity index (χ0) is 34.0. The lowest BCUT2D eigenvalue weighted by molar-refractivity contribution is -0.0792. The highest BCUT2D eigenvalue weighted by Gasteiger charge is 2.40. The Bertz CT molecular complexity index is 1790. The number of benzene rings is 3. The van der Waals surface area contributed by atoms with Crippen LogP contribution in [0.25, 0.3) is 11.1 Å². The van der Waals surface area contributed by atoms with E-state index in [2.05, 4.69) is 21.6 Å². The summed E-state index contributed by atoms with van der Waals surface area (Å²) in [5, 5.41) is 10.5. The standard InChI is InChI=1S/C36H37Cl2FN4O6/c1-20-13-40(7-8-42(20)25-17-48-18-25)24-9-29(37)33(30(38)10-24)35(44)41-14-21-3-2-4-26(34(21)49-19-41)27-12-32(28(36(45)46)11-31(27)39)43-22-5-6-23(43)16-47-15-22/h2-4,9-12,20,22-23,25H,5-8,13-19H2,1H3,(H,45,46)/t20-,22?,23?/m1/s1. The van der Waals surface area contributed by atoms with Crippen molar-refractivity contribution in [2.75, 3.05) is 62.6 Å². The Morgan fingerprint density at radius 3 is 2.27 bits per heavy atom. The Morgan fingerprint density at radius 1 is 0.918 bits per heavy atom. The van der Waals surface area contributed by atoms with E-state index in [1.165, 1.54) is 4.90 Å². The van der Waals surface area contributed by atoms with Crippen LogP contribution >= 0.6 is 23.2 Å². The summed E-state index contributed by atoms with van der Waals surface area (Å²) in [7, 11) is 0. The number of morpholine rings is 1. The first-order valence-corrected chi connectivity index (χ1v) is 17.5. The number of nitrogens with zero attached hydrogens (tertiary/aromatic N) is 4. The van der Waals surface area contributed by atoms with Crippen LogP contribution in [0, 0.1) is 5.82 Å². The van der Waals surface area contributed by atoms with Crippen molar-refractivity contribution in [1.29, 1.82) is 0 Å².